The first-order valence-electron chi connectivity index (χ1n) is 5.47. The van der Waals surface area contributed by atoms with Crippen molar-refractivity contribution in [1.29, 1.82) is 0 Å². The monoisotopic (exact) mass is 252 g/mol. The maximum absolute atomic E-state index is 11.4. The molecule has 2 rings (SSSR count). The van der Waals surface area contributed by atoms with Gasteiger partial charge in [-0.3, -0.25) is 9.59 Å². The van der Waals surface area contributed by atoms with Crippen molar-refractivity contribution in [2.45, 2.75) is 19.3 Å². The third kappa shape index (κ3) is 2.97. The molecule has 1 aliphatic heterocycles. The average Bonchev–Trinajstić information content (AvgIpc) is 2.29. The van der Waals surface area contributed by atoms with Crippen molar-refractivity contribution in [1.82, 2.24) is 0 Å². The zero-order valence-electron chi connectivity index (χ0n) is 9.25. The summed E-state index contributed by atoms with van der Waals surface area (Å²) in [6, 6.07) is 5.47. The maximum Gasteiger partial charge on any atom is 0.225 e. The Balaban J connectivity index is 2.11. The molecule has 1 aliphatic rings. The van der Waals surface area contributed by atoms with Gasteiger partial charge in [0, 0.05) is 30.1 Å². The van der Waals surface area contributed by atoms with Crippen molar-refractivity contribution in [2.75, 3.05) is 16.5 Å². The molecule has 17 heavy (non-hydrogen) atoms. The topological polar surface area (TPSA) is 58.2 Å². The molecule has 5 heteroatoms. The lowest BCUT2D eigenvalue weighted by molar-refractivity contribution is -0.117. The Hall–Kier alpha value is -1.55. The average molecular weight is 253 g/mol. The molecule has 0 aromatic heterocycles. The lowest BCUT2D eigenvalue weighted by Gasteiger charge is -2.17. The standard InChI is InChI=1S/C12H13ClN2O2/c13-6-5-12(17)14-9-2-3-10-8(7-9)1-4-11(16)15-10/h2-3,7H,1,4-6H2,(H,14,17)(H,15,16). The normalized spacial score (nSPS) is 13.8. The van der Waals surface area contributed by atoms with E-state index in [1.165, 1.54) is 0 Å². The molecular formula is C12H13ClN2O2. The van der Waals surface area contributed by atoms with Gasteiger partial charge >= 0.3 is 0 Å². The van der Waals surface area contributed by atoms with Crippen LogP contribution in [0.1, 0.15) is 18.4 Å². The summed E-state index contributed by atoms with van der Waals surface area (Å²) in [6.07, 6.45) is 1.50. The van der Waals surface area contributed by atoms with Crippen molar-refractivity contribution in [3.8, 4) is 0 Å². The SMILES string of the molecule is O=C(CCCl)Nc1ccc2c(c1)CCC(=O)N2. The van der Waals surface area contributed by atoms with Crippen LogP contribution in [0.2, 0.25) is 0 Å². The Morgan fingerprint density at radius 3 is 3.00 bits per heavy atom. The second-order valence-corrected chi connectivity index (χ2v) is 4.29. The van der Waals surface area contributed by atoms with Gasteiger partial charge in [-0.1, -0.05) is 0 Å². The van der Waals surface area contributed by atoms with E-state index in [2.05, 4.69) is 10.6 Å². The Morgan fingerprint density at radius 2 is 2.24 bits per heavy atom. The van der Waals surface area contributed by atoms with Gasteiger partial charge in [0.2, 0.25) is 11.8 Å². The van der Waals surface area contributed by atoms with Crippen molar-refractivity contribution >= 4 is 34.8 Å². The minimum atomic E-state index is -0.0974. The van der Waals surface area contributed by atoms with Crippen LogP contribution >= 0.6 is 11.6 Å². The van der Waals surface area contributed by atoms with Crippen LogP contribution in [0, 0.1) is 0 Å². The van der Waals surface area contributed by atoms with Crippen molar-refractivity contribution in [3.05, 3.63) is 23.8 Å². The Labute approximate surface area is 104 Å². The van der Waals surface area contributed by atoms with E-state index in [-0.39, 0.29) is 11.8 Å². The number of anilines is 2. The fourth-order valence-corrected chi connectivity index (χ4v) is 1.94. The minimum absolute atomic E-state index is 0.0384. The lowest BCUT2D eigenvalue weighted by atomic mass is 10.0. The van der Waals surface area contributed by atoms with Crippen LogP contribution in [0.15, 0.2) is 18.2 Å². The maximum atomic E-state index is 11.4. The molecule has 0 fully saturated rings. The van der Waals surface area contributed by atoms with Gasteiger partial charge in [-0.15, -0.1) is 11.6 Å². The zero-order valence-corrected chi connectivity index (χ0v) is 10.0. The van der Waals surface area contributed by atoms with Gasteiger partial charge in [0.1, 0.15) is 0 Å². The van der Waals surface area contributed by atoms with Crippen molar-refractivity contribution in [3.63, 3.8) is 0 Å². The zero-order chi connectivity index (χ0) is 12.3. The van der Waals surface area contributed by atoms with Crippen LogP contribution < -0.4 is 10.6 Å². The second kappa shape index (κ2) is 5.19. The molecule has 0 spiro atoms. The summed E-state index contributed by atoms with van der Waals surface area (Å²) in [5, 5.41) is 5.56. The molecule has 0 saturated heterocycles. The molecule has 2 N–H and O–H groups in total. The molecule has 1 aromatic rings. The summed E-state index contributed by atoms with van der Waals surface area (Å²) in [4.78, 5) is 22.5. The lowest BCUT2D eigenvalue weighted by Crippen LogP contribution is -2.19. The second-order valence-electron chi connectivity index (χ2n) is 3.91. The third-order valence-electron chi connectivity index (χ3n) is 2.61. The van der Waals surface area contributed by atoms with Gasteiger partial charge in [-0.05, 0) is 30.2 Å². The number of halogens is 1. The van der Waals surface area contributed by atoms with E-state index in [1.807, 2.05) is 12.1 Å². The number of nitrogens with one attached hydrogen (secondary N) is 2. The van der Waals surface area contributed by atoms with Crippen LogP contribution in [0.4, 0.5) is 11.4 Å². The number of hydrogen-bond acceptors (Lipinski definition) is 2. The first-order chi connectivity index (χ1) is 8.19. The predicted molar refractivity (Wildman–Crippen MR) is 67.4 cm³/mol. The van der Waals surface area contributed by atoms with Crippen LogP contribution in [-0.4, -0.2) is 17.7 Å². The Morgan fingerprint density at radius 1 is 1.41 bits per heavy atom. The highest BCUT2D eigenvalue weighted by molar-refractivity contribution is 6.19. The van der Waals surface area contributed by atoms with Crippen LogP contribution in [0.5, 0.6) is 0 Å². The van der Waals surface area contributed by atoms with E-state index in [4.69, 9.17) is 11.6 Å². The molecule has 0 bridgehead atoms. The molecule has 0 radical (unpaired) electrons. The summed E-state index contributed by atoms with van der Waals surface area (Å²) in [5.74, 6) is 0.253. The molecule has 1 aromatic carbocycles. The van der Waals surface area contributed by atoms with Gasteiger partial charge in [-0.2, -0.15) is 0 Å². The van der Waals surface area contributed by atoms with E-state index >= 15 is 0 Å². The molecule has 0 saturated carbocycles. The third-order valence-corrected chi connectivity index (χ3v) is 2.80. The fourth-order valence-electron chi connectivity index (χ4n) is 1.77. The molecule has 0 aliphatic carbocycles. The van der Waals surface area contributed by atoms with Crippen LogP contribution in [0.25, 0.3) is 0 Å². The molecule has 0 unspecified atom stereocenters. The number of rotatable bonds is 3. The Kier molecular flexibility index (Phi) is 3.64. The minimum Gasteiger partial charge on any atom is -0.326 e. The highest BCUT2D eigenvalue weighted by Gasteiger charge is 2.15. The number of fused-ring (bicyclic) bond motifs is 1. The summed E-state index contributed by atoms with van der Waals surface area (Å²) < 4.78 is 0. The molecule has 2 amide bonds. The first kappa shape index (κ1) is 11.9. The van der Waals surface area contributed by atoms with Gasteiger partial charge < -0.3 is 10.6 Å². The van der Waals surface area contributed by atoms with Gasteiger partial charge in [0.25, 0.3) is 0 Å². The van der Waals surface area contributed by atoms with E-state index in [1.54, 1.807) is 6.07 Å². The summed E-state index contributed by atoms with van der Waals surface area (Å²) in [7, 11) is 0. The van der Waals surface area contributed by atoms with E-state index < -0.39 is 0 Å². The number of carbonyl (C=O) groups excluding carboxylic acids is 2. The summed E-state index contributed by atoms with van der Waals surface area (Å²) >= 11 is 5.49. The number of hydrogen-bond donors (Lipinski definition) is 2. The molecular weight excluding hydrogens is 240 g/mol. The number of amides is 2. The highest BCUT2D eigenvalue weighted by atomic mass is 35.5. The van der Waals surface area contributed by atoms with E-state index in [0.717, 1.165) is 16.9 Å². The molecule has 1 heterocycles. The van der Waals surface area contributed by atoms with Crippen LogP contribution in [-0.2, 0) is 16.0 Å². The number of carbonyl (C=O) groups is 2. The number of alkyl halides is 1. The van der Waals surface area contributed by atoms with Crippen LogP contribution in [0.3, 0.4) is 0 Å². The summed E-state index contributed by atoms with van der Waals surface area (Å²) in [6.45, 7) is 0. The van der Waals surface area contributed by atoms with Crippen molar-refractivity contribution < 1.29 is 9.59 Å². The molecule has 0 atom stereocenters. The fraction of sp³-hybridized carbons (Fsp3) is 0.333. The largest absolute Gasteiger partial charge is 0.326 e. The Bertz CT molecular complexity index is 460. The van der Waals surface area contributed by atoms with Gasteiger partial charge in [0.15, 0.2) is 0 Å². The highest BCUT2D eigenvalue weighted by Crippen LogP contribution is 2.25. The van der Waals surface area contributed by atoms with E-state index in [9.17, 15) is 9.59 Å². The molecule has 90 valence electrons. The summed E-state index contributed by atoms with van der Waals surface area (Å²) in [5.41, 5.74) is 2.62. The van der Waals surface area contributed by atoms with Crippen molar-refractivity contribution in [2.24, 2.45) is 0 Å². The molecule has 4 nitrogen and oxygen atoms in total. The predicted octanol–water partition coefficient (Wildman–Crippen LogP) is 2.14. The van der Waals surface area contributed by atoms with Gasteiger partial charge in [0.05, 0.1) is 0 Å². The quantitative estimate of drug-likeness (QED) is 0.810. The number of aryl methyl sites for hydroxylation is 1. The smallest absolute Gasteiger partial charge is 0.225 e. The number of benzene rings is 1. The van der Waals surface area contributed by atoms with E-state index in [0.29, 0.717) is 25.1 Å². The first-order valence-corrected chi connectivity index (χ1v) is 6.01. The van der Waals surface area contributed by atoms with Gasteiger partial charge in [-0.25, -0.2) is 0 Å².